The molecule has 0 unspecified atom stereocenters. The Morgan fingerprint density at radius 2 is 2.00 bits per heavy atom. The Kier molecular flexibility index (Phi) is 3.95. The zero-order valence-corrected chi connectivity index (χ0v) is 11.9. The van der Waals surface area contributed by atoms with Crippen LogP contribution >= 0.6 is 11.6 Å². The molecule has 0 heterocycles. The molecule has 2 aromatic rings. The highest BCUT2D eigenvalue weighted by molar-refractivity contribution is 6.31. The van der Waals surface area contributed by atoms with Crippen LogP contribution in [0, 0.1) is 12.7 Å². The maximum absolute atomic E-state index is 14.0. The van der Waals surface area contributed by atoms with Gasteiger partial charge in [-0.1, -0.05) is 23.7 Å². The van der Waals surface area contributed by atoms with Gasteiger partial charge in [0.15, 0.2) is 0 Å². The molecule has 0 aliphatic carbocycles. The molecule has 0 fully saturated rings. The summed E-state index contributed by atoms with van der Waals surface area (Å²) < 4.78 is 14.0. The summed E-state index contributed by atoms with van der Waals surface area (Å²) >= 11 is 5.90. The lowest BCUT2D eigenvalue weighted by atomic mass is 10.1. The molecule has 1 amide bonds. The monoisotopic (exact) mass is 292 g/mol. The third-order valence-electron chi connectivity index (χ3n) is 3.08. The Bertz CT molecular complexity index is 673. The lowest BCUT2D eigenvalue weighted by Crippen LogP contribution is -2.28. The molecule has 104 valence electrons. The summed E-state index contributed by atoms with van der Waals surface area (Å²) in [6.45, 7) is 1.61. The van der Waals surface area contributed by atoms with Crippen LogP contribution in [0.1, 0.15) is 15.9 Å². The number of nitrogen functional groups attached to an aromatic ring is 1. The molecule has 0 radical (unpaired) electrons. The number of hydrogen-bond acceptors (Lipinski definition) is 2. The van der Waals surface area contributed by atoms with Crippen molar-refractivity contribution in [1.82, 2.24) is 0 Å². The highest BCUT2D eigenvalue weighted by atomic mass is 35.5. The number of rotatable bonds is 2. The minimum atomic E-state index is -0.523. The van der Waals surface area contributed by atoms with Gasteiger partial charge in [-0.05, 0) is 36.8 Å². The lowest BCUT2D eigenvalue weighted by Gasteiger charge is -2.20. The van der Waals surface area contributed by atoms with E-state index in [2.05, 4.69) is 0 Å². The predicted molar refractivity (Wildman–Crippen MR) is 79.7 cm³/mol. The quantitative estimate of drug-likeness (QED) is 0.859. The second-order valence-electron chi connectivity index (χ2n) is 4.50. The first kappa shape index (κ1) is 14.3. The molecule has 0 bridgehead atoms. The molecule has 0 saturated heterocycles. The van der Waals surface area contributed by atoms with E-state index in [0.717, 1.165) is 0 Å². The molecule has 0 aliphatic rings. The zero-order valence-electron chi connectivity index (χ0n) is 11.2. The smallest absolute Gasteiger partial charge is 0.261 e. The van der Waals surface area contributed by atoms with Crippen molar-refractivity contribution in [2.45, 2.75) is 6.92 Å². The molecule has 0 atom stereocenters. The summed E-state index contributed by atoms with van der Waals surface area (Å²) in [5, 5.41) is 0.457. The van der Waals surface area contributed by atoms with Crippen molar-refractivity contribution in [3.05, 3.63) is 58.4 Å². The van der Waals surface area contributed by atoms with Gasteiger partial charge in [-0.15, -0.1) is 0 Å². The topological polar surface area (TPSA) is 46.3 Å². The SMILES string of the molecule is Cc1cccc(C(=O)N(C)c2cc(Cl)ccc2N)c1F. The van der Waals surface area contributed by atoms with E-state index in [1.54, 1.807) is 37.3 Å². The summed E-state index contributed by atoms with van der Waals surface area (Å²) in [5.74, 6) is -0.995. The van der Waals surface area contributed by atoms with E-state index in [9.17, 15) is 9.18 Å². The van der Waals surface area contributed by atoms with Gasteiger partial charge in [0, 0.05) is 12.1 Å². The van der Waals surface area contributed by atoms with Gasteiger partial charge >= 0.3 is 0 Å². The summed E-state index contributed by atoms with van der Waals surface area (Å²) in [4.78, 5) is 13.7. The summed E-state index contributed by atoms with van der Waals surface area (Å²) in [6.07, 6.45) is 0. The first-order valence-corrected chi connectivity index (χ1v) is 6.38. The number of carbonyl (C=O) groups is 1. The molecule has 5 heteroatoms. The standard InChI is InChI=1S/C15H14ClFN2O/c1-9-4-3-5-11(14(9)17)15(20)19(2)13-8-10(16)6-7-12(13)18/h3-8H,18H2,1-2H3. The van der Waals surface area contributed by atoms with Gasteiger partial charge in [-0.2, -0.15) is 0 Å². The van der Waals surface area contributed by atoms with E-state index in [-0.39, 0.29) is 5.56 Å². The van der Waals surface area contributed by atoms with E-state index < -0.39 is 11.7 Å². The molecule has 2 aromatic carbocycles. The van der Waals surface area contributed by atoms with Crippen LogP contribution in [0.2, 0.25) is 5.02 Å². The molecule has 0 aliphatic heterocycles. The molecular formula is C15H14ClFN2O. The normalized spacial score (nSPS) is 10.4. The molecule has 2 N–H and O–H groups in total. The van der Waals surface area contributed by atoms with Crippen LogP contribution in [0.25, 0.3) is 0 Å². The average molecular weight is 293 g/mol. The third-order valence-corrected chi connectivity index (χ3v) is 3.32. The Morgan fingerprint density at radius 1 is 1.30 bits per heavy atom. The van der Waals surface area contributed by atoms with Crippen LogP contribution in [-0.4, -0.2) is 13.0 Å². The Balaban J connectivity index is 2.43. The van der Waals surface area contributed by atoms with Gasteiger partial charge in [0.05, 0.1) is 16.9 Å². The number of nitrogens with zero attached hydrogens (tertiary/aromatic N) is 1. The molecule has 20 heavy (non-hydrogen) atoms. The van der Waals surface area contributed by atoms with Crippen molar-refractivity contribution >= 4 is 28.9 Å². The van der Waals surface area contributed by atoms with Crippen molar-refractivity contribution in [2.75, 3.05) is 17.7 Å². The number of hydrogen-bond donors (Lipinski definition) is 1. The van der Waals surface area contributed by atoms with Gasteiger partial charge < -0.3 is 10.6 Å². The van der Waals surface area contributed by atoms with Crippen LogP contribution in [0.15, 0.2) is 36.4 Å². The van der Waals surface area contributed by atoms with Gasteiger partial charge in [-0.25, -0.2) is 4.39 Å². The minimum Gasteiger partial charge on any atom is -0.397 e. The Labute approximate surface area is 121 Å². The summed E-state index contributed by atoms with van der Waals surface area (Å²) in [7, 11) is 1.53. The number of anilines is 2. The van der Waals surface area contributed by atoms with E-state index >= 15 is 0 Å². The second kappa shape index (κ2) is 5.51. The molecule has 0 aromatic heterocycles. The maximum Gasteiger partial charge on any atom is 0.261 e. The highest BCUT2D eigenvalue weighted by Crippen LogP contribution is 2.27. The van der Waals surface area contributed by atoms with Crippen molar-refractivity contribution in [1.29, 1.82) is 0 Å². The number of nitrogens with two attached hydrogens (primary N) is 1. The van der Waals surface area contributed by atoms with Crippen LogP contribution in [0.3, 0.4) is 0 Å². The Morgan fingerprint density at radius 3 is 2.70 bits per heavy atom. The largest absolute Gasteiger partial charge is 0.397 e. The van der Waals surface area contributed by atoms with Gasteiger partial charge in [0.25, 0.3) is 5.91 Å². The number of carbonyl (C=O) groups excluding carboxylic acids is 1. The van der Waals surface area contributed by atoms with E-state index in [1.165, 1.54) is 18.0 Å². The fourth-order valence-corrected chi connectivity index (χ4v) is 2.08. The van der Waals surface area contributed by atoms with Crippen molar-refractivity contribution in [3.63, 3.8) is 0 Å². The van der Waals surface area contributed by atoms with E-state index in [1.807, 2.05) is 0 Å². The van der Waals surface area contributed by atoms with Crippen LogP contribution in [0.5, 0.6) is 0 Å². The van der Waals surface area contributed by atoms with Gasteiger partial charge in [0.1, 0.15) is 5.82 Å². The lowest BCUT2D eigenvalue weighted by molar-refractivity contribution is 0.0989. The maximum atomic E-state index is 14.0. The first-order valence-electron chi connectivity index (χ1n) is 6.00. The van der Waals surface area contributed by atoms with Crippen LogP contribution in [-0.2, 0) is 0 Å². The van der Waals surface area contributed by atoms with Crippen molar-refractivity contribution < 1.29 is 9.18 Å². The highest BCUT2D eigenvalue weighted by Gasteiger charge is 2.20. The minimum absolute atomic E-state index is 0.00637. The fourth-order valence-electron chi connectivity index (χ4n) is 1.91. The van der Waals surface area contributed by atoms with Crippen LogP contribution in [0.4, 0.5) is 15.8 Å². The molecule has 0 spiro atoms. The average Bonchev–Trinajstić information content (AvgIpc) is 2.43. The van der Waals surface area contributed by atoms with E-state index in [4.69, 9.17) is 17.3 Å². The number of amides is 1. The molecule has 2 rings (SSSR count). The summed E-state index contributed by atoms with van der Waals surface area (Å²) in [5.41, 5.74) is 7.10. The predicted octanol–water partition coefficient (Wildman–Crippen LogP) is 3.65. The molecule has 3 nitrogen and oxygen atoms in total. The third kappa shape index (κ3) is 2.60. The van der Waals surface area contributed by atoms with Crippen molar-refractivity contribution in [2.24, 2.45) is 0 Å². The van der Waals surface area contributed by atoms with Crippen molar-refractivity contribution in [3.8, 4) is 0 Å². The fraction of sp³-hybridized carbons (Fsp3) is 0.133. The zero-order chi connectivity index (χ0) is 14.9. The number of halogens is 2. The molecular weight excluding hydrogens is 279 g/mol. The van der Waals surface area contributed by atoms with E-state index in [0.29, 0.717) is 22.0 Å². The Hall–Kier alpha value is -2.07. The van der Waals surface area contributed by atoms with Gasteiger partial charge in [0.2, 0.25) is 0 Å². The summed E-state index contributed by atoms with van der Waals surface area (Å²) in [6, 6.07) is 9.51. The number of aryl methyl sites for hydroxylation is 1. The number of benzene rings is 2. The molecule has 0 saturated carbocycles. The van der Waals surface area contributed by atoms with Gasteiger partial charge in [-0.3, -0.25) is 4.79 Å². The van der Waals surface area contributed by atoms with Crippen LogP contribution < -0.4 is 10.6 Å². The second-order valence-corrected chi connectivity index (χ2v) is 4.94. The first-order chi connectivity index (χ1) is 9.41.